The van der Waals surface area contributed by atoms with Crippen molar-refractivity contribution < 1.29 is 9.53 Å². The Morgan fingerprint density at radius 3 is 2.47 bits per heavy atom. The smallest absolute Gasteiger partial charge is 0.239 e. The minimum absolute atomic E-state index is 0.108. The monoisotopic (exact) mass is 212 g/mol. The molecule has 86 valence electrons. The molecule has 0 aliphatic heterocycles. The van der Waals surface area contributed by atoms with Crippen LogP contribution in [0.15, 0.2) is 0 Å². The molecule has 0 fully saturated rings. The molecule has 0 aromatic rings. The maximum atomic E-state index is 11.8. The van der Waals surface area contributed by atoms with Gasteiger partial charge in [0.2, 0.25) is 5.91 Å². The Kier molecular flexibility index (Phi) is 6.72. The number of nitrogens with zero attached hydrogens (tertiary/aromatic N) is 2. The zero-order valence-electron chi connectivity index (χ0n) is 9.99. The molecule has 0 spiro atoms. The van der Waals surface area contributed by atoms with E-state index in [0.29, 0.717) is 25.6 Å². The van der Waals surface area contributed by atoms with E-state index in [2.05, 4.69) is 0 Å². The maximum Gasteiger partial charge on any atom is 0.239 e. The summed E-state index contributed by atoms with van der Waals surface area (Å²) in [5, 5.41) is 8.68. The number of carbonyl (C=O) groups excluding carboxylic acids is 1. The number of amides is 1. The van der Waals surface area contributed by atoms with Crippen LogP contribution in [0.25, 0.3) is 0 Å². The normalized spacial score (nSPS) is 12.3. The number of nitriles is 1. The zero-order chi connectivity index (χ0) is 11.8. The highest BCUT2D eigenvalue weighted by Gasteiger charge is 2.20. The lowest BCUT2D eigenvalue weighted by Crippen LogP contribution is -2.39. The molecule has 0 N–H and O–H groups in total. The first-order valence-electron chi connectivity index (χ1n) is 5.20. The van der Waals surface area contributed by atoms with Crippen molar-refractivity contribution in [1.29, 1.82) is 5.26 Å². The third-order valence-corrected chi connectivity index (χ3v) is 2.03. The van der Waals surface area contributed by atoms with Crippen molar-refractivity contribution in [2.75, 3.05) is 26.8 Å². The number of methoxy groups -OCH3 is 1. The Bertz CT molecular complexity index is 233. The molecule has 1 amide bonds. The van der Waals surface area contributed by atoms with Crippen LogP contribution < -0.4 is 0 Å². The largest absolute Gasteiger partial charge is 0.383 e. The number of hydrogen-bond acceptors (Lipinski definition) is 3. The van der Waals surface area contributed by atoms with Crippen LogP contribution in [0.3, 0.4) is 0 Å². The highest BCUT2D eigenvalue weighted by atomic mass is 16.5. The summed E-state index contributed by atoms with van der Waals surface area (Å²) >= 11 is 0. The highest BCUT2D eigenvalue weighted by Crippen LogP contribution is 2.05. The molecular formula is C11H20N2O2. The molecular weight excluding hydrogens is 192 g/mol. The summed E-state index contributed by atoms with van der Waals surface area (Å²) in [7, 11) is 1.60. The molecule has 1 unspecified atom stereocenters. The molecule has 0 saturated carbocycles. The maximum absolute atomic E-state index is 11.8. The van der Waals surface area contributed by atoms with Crippen LogP contribution in [0.1, 0.15) is 20.8 Å². The standard InChI is InChI=1S/C11H20N2O2/c1-9(2)8-13(5-6-15-4)11(14)10(3)7-12/h9-10H,5-6,8H2,1-4H3. The fourth-order valence-corrected chi connectivity index (χ4v) is 1.26. The van der Waals surface area contributed by atoms with Crippen LogP contribution >= 0.6 is 0 Å². The molecule has 0 radical (unpaired) electrons. The van der Waals surface area contributed by atoms with Gasteiger partial charge in [0, 0.05) is 20.2 Å². The van der Waals surface area contributed by atoms with Gasteiger partial charge in [-0.25, -0.2) is 0 Å². The van der Waals surface area contributed by atoms with E-state index in [1.54, 1.807) is 18.9 Å². The molecule has 0 heterocycles. The summed E-state index contributed by atoms with van der Waals surface area (Å²) in [5.74, 6) is -0.277. The Labute approximate surface area is 91.8 Å². The van der Waals surface area contributed by atoms with Crippen molar-refractivity contribution in [2.24, 2.45) is 11.8 Å². The first kappa shape index (κ1) is 13.9. The molecule has 0 aliphatic rings. The minimum Gasteiger partial charge on any atom is -0.383 e. The average Bonchev–Trinajstić information content (AvgIpc) is 2.21. The zero-order valence-corrected chi connectivity index (χ0v) is 9.99. The Morgan fingerprint density at radius 2 is 2.07 bits per heavy atom. The van der Waals surface area contributed by atoms with Crippen LogP contribution in [0, 0.1) is 23.2 Å². The van der Waals surface area contributed by atoms with Crippen molar-refractivity contribution in [3.8, 4) is 6.07 Å². The highest BCUT2D eigenvalue weighted by molar-refractivity contribution is 5.80. The van der Waals surface area contributed by atoms with Gasteiger partial charge in [-0.15, -0.1) is 0 Å². The topological polar surface area (TPSA) is 53.3 Å². The van der Waals surface area contributed by atoms with Gasteiger partial charge in [-0.05, 0) is 12.8 Å². The van der Waals surface area contributed by atoms with E-state index in [1.807, 2.05) is 19.9 Å². The lowest BCUT2D eigenvalue weighted by Gasteiger charge is -2.25. The quantitative estimate of drug-likeness (QED) is 0.666. The van der Waals surface area contributed by atoms with Crippen LogP contribution in [0.5, 0.6) is 0 Å². The van der Waals surface area contributed by atoms with Crippen LogP contribution in [-0.4, -0.2) is 37.6 Å². The van der Waals surface area contributed by atoms with Crippen LogP contribution in [0.4, 0.5) is 0 Å². The summed E-state index contributed by atoms with van der Waals surface area (Å²) < 4.78 is 4.94. The second kappa shape index (κ2) is 7.24. The predicted molar refractivity (Wildman–Crippen MR) is 58.1 cm³/mol. The van der Waals surface area contributed by atoms with Gasteiger partial charge in [-0.2, -0.15) is 5.26 Å². The molecule has 4 nitrogen and oxygen atoms in total. The third kappa shape index (κ3) is 5.38. The molecule has 0 aliphatic carbocycles. The van der Waals surface area contributed by atoms with E-state index in [1.165, 1.54) is 0 Å². The summed E-state index contributed by atoms with van der Waals surface area (Å²) in [6.07, 6.45) is 0. The van der Waals surface area contributed by atoms with Crippen molar-refractivity contribution in [3.63, 3.8) is 0 Å². The molecule has 0 rings (SSSR count). The van der Waals surface area contributed by atoms with E-state index >= 15 is 0 Å². The molecule has 4 heteroatoms. The number of hydrogen-bond donors (Lipinski definition) is 0. The number of carbonyl (C=O) groups is 1. The van der Waals surface area contributed by atoms with Gasteiger partial charge in [0.25, 0.3) is 0 Å². The molecule has 0 aromatic heterocycles. The number of ether oxygens (including phenoxy) is 1. The molecule has 1 atom stereocenters. The van der Waals surface area contributed by atoms with E-state index in [-0.39, 0.29) is 5.91 Å². The van der Waals surface area contributed by atoms with Crippen molar-refractivity contribution in [2.45, 2.75) is 20.8 Å². The number of rotatable bonds is 6. The predicted octanol–water partition coefficient (Wildman–Crippen LogP) is 1.28. The van der Waals surface area contributed by atoms with Crippen molar-refractivity contribution >= 4 is 5.91 Å². The van der Waals surface area contributed by atoms with E-state index in [9.17, 15) is 4.79 Å². The second-order valence-corrected chi connectivity index (χ2v) is 4.02. The fourth-order valence-electron chi connectivity index (χ4n) is 1.26. The first-order valence-corrected chi connectivity index (χ1v) is 5.20. The Balaban J connectivity index is 4.34. The van der Waals surface area contributed by atoms with Crippen molar-refractivity contribution in [1.82, 2.24) is 4.90 Å². The van der Waals surface area contributed by atoms with E-state index in [4.69, 9.17) is 10.00 Å². The lowest BCUT2D eigenvalue weighted by molar-refractivity contribution is -0.134. The van der Waals surface area contributed by atoms with Crippen molar-refractivity contribution in [3.05, 3.63) is 0 Å². The SMILES string of the molecule is COCCN(CC(C)C)C(=O)C(C)C#N. The fraction of sp³-hybridized carbons (Fsp3) is 0.818. The summed E-state index contributed by atoms with van der Waals surface area (Å²) in [5.41, 5.74) is 0. The van der Waals surface area contributed by atoms with E-state index < -0.39 is 5.92 Å². The average molecular weight is 212 g/mol. The van der Waals surface area contributed by atoms with Gasteiger partial charge in [0.1, 0.15) is 5.92 Å². The van der Waals surface area contributed by atoms with Gasteiger partial charge >= 0.3 is 0 Å². The van der Waals surface area contributed by atoms with E-state index in [0.717, 1.165) is 0 Å². The molecule has 0 bridgehead atoms. The lowest BCUT2D eigenvalue weighted by atomic mass is 10.1. The Hall–Kier alpha value is -1.08. The van der Waals surface area contributed by atoms with Gasteiger partial charge in [-0.3, -0.25) is 4.79 Å². The molecule has 0 aromatic carbocycles. The van der Waals surface area contributed by atoms with Gasteiger partial charge in [0.15, 0.2) is 0 Å². The minimum atomic E-state index is -0.569. The van der Waals surface area contributed by atoms with Gasteiger partial charge in [0.05, 0.1) is 12.7 Å². The van der Waals surface area contributed by atoms with Gasteiger partial charge < -0.3 is 9.64 Å². The van der Waals surface area contributed by atoms with Gasteiger partial charge in [-0.1, -0.05) is 13.8 Å². The Morgan fingerprint density at radius 1 is 1.47 bits per heavy atom. The molecule has 0 saturated heterocycles. The first-order chi connectivity index (χ1) is 7.02. The summed E-state index contributed by atoms with van der Waals surface area (Å²) in [4.78, 5) is 13.5. The summed E-state index contributed by atoms with van der Waals surface area (Å²) in [6.45, 7) is 7.46. The second-order valence-electron chi connectivity index (χ2n) is 4.02. The van der Waals surface area contributed by atoms with Crippen LogP contribution in [0.2, 0.25) is 0 Å². The van der Waals surface area contributed by atoms with Crippen LogP contribution in [-0.2, 0) is 9.53 Å². The summed E-state index contributed by atoms with van der Waals surface area (Å²) in [6, 6.07) is 1.96. The molecule has 15 heavy (non-hydrogen) atoms. The third-order valence-electron chi connectivity index (χ3n) is 2.03.